The average Bonchev–Trinajstić information content (AvgIpc) is 1.74. The van der Waals surface area contributed by atoms with Gasteiger partial charge in [0.1, 0.15) is 89.4 Å². The van der Waals surface area contributed by atoms with Gasteiger partial charge in [0.05, 0.1) is 61.7 Å². The van der Waals surface area contributed by atoms with Gasteiger partial charge in [-0.15, -0.1) is 0 Å². The summed E-state index contributed by atoms with van der Waals surface area (Å²) in [6.45, 7) is 16.5. The first-order valence-electron chi connectivity index (χ1n) is 59.0. The van der Waals surface area contributed by atoms with Crippen molar-refractivity contribution in [1.82, 2.24) is 65.7 Å². The Morgan fingerprint density at radius 3 is 0.959 bits per heavy atom. The molecule has 0 radical (unpaired) electrons. The summed E-state index contributed by atoms with van der Waals surface area (Å²) in [4.78, 5) is 86.4. The van der Waals surface area contributed by atoms with Gasteiger partial charge >= 0.3 is 6.18 Å². The highest BCUT2D eigenvalue weighted by Crippen LogP contribution is 2.73. The summed E-state index contributed by atoms with van der Waals surface area (Å²) in [5.74, 6) is 20.9. The van der Waals surface area contributed by atoms with Crippen LogP contribution in [0.2, 0.25) is 0 Å². The van der Waals surface area contributed by atoms with Crippen molar-refractivity contribution < 1.29 is 80.6 Å². The van der Waals surface area contributed by atoms with Crippen molar-refractivity contribution in [2.45, 2.75) is 417 Å². The molecule has 5 aromatic heterocycles. The molecule has 30 heteroatoms. The number of carbonyl (C=O) groups is 5. The zero-order chi connectivity index (χ0) is 104. The van der Waals surface area contributed by atoms with Crippen LogP contribution in [-0.4, -0.2) is 174 Å². The highest BCUT2D eigenvalue weighted by Gasteiger charge is 2.68. The number of methoxy groups -OCH3 is 1. The van der Waals surface area contributed by atoms with Crippen LogP contribution in [0.15, 0.2) is 42.2 Å². The van der Waals surface area contributed by atoms with Gasteiger partial charge in [-0.25, -0.2) is 33.7 Å². The monoisotopic (exact) mass is 2060 g/mol. The summed E-state index contributed by atoms with van der Waals surface area (Å²) in [7, 11) is 1.70. The van der Waals surface area contributed by atoms with Crippen LogP contribution in [0.3, 0.4) is 0 Å². The molecular weight excluding hydrogens is 1890 g/mol. The van der Waals surface area contributed by atoms with Crippen LogP contribution in [0.4, 0.5) is 22.0 Å². The van der Waals surface area contributed by atoms with E-state index < -0.39 is 40.6 Å². The fraction of sp³-hybridized carbons (Fsp3) is 0.864. The van der Waals surface area contributed by atoms with Gasteiger partial charge < -0.3 is 34.7 Å². The maximum absolute atomic E-state index is 13.4. The van der Waals surface area contributed by atoms with Gasteiger partial charge in [-0.1, -0.05) is 41.5 Å². The Kier molecular flexibility index (Phi) is 30.3. The largest absolute Gasteiger partial charge is 0.449 e. The number of nitrogens with one attached hydrogen (secondary N) is 4. The van der Waals surface area contributed by atoms with Crippen LogP contribution >= 0.6 is 0 Å². The molecule has 0 spiro atoms. The molecule has 5 aromatic rings. The second-order valence-corrected chi connectivity index (χ2v) is 54.8. The minimum absolute atomic E-state index is 0.0213. The Morgan fingerprint density at radius 2 is 0.649 bits per heavy atom. The van der Waals surface area contributed by atoms with E-state index in [4.69, 9.17) is 9.15 Å². The Bertz CT molecular complexity index is 5370. The summed E-state index contributed by atoms with van der Waals surface area (Å²) >= 11 is 0. The predicted molar refractivity (Wildman–Crippen MR) is 543 cm³/mol. The molecule has 40 atom stereocenters. The molecule has 148 heavy (non-hydrogen) atoms. The predicted octanol–water partition coefficient (Wildman–Crippen LogP) is 21.4. The van der Waals surface area contributed by atoms with Gasteiger partial charge in [0, 0.05) is 36.7 Å². The maximum atomic E-state index is 13.4. The van der Waals surface area contributed by atoms with Gasteiger partial charge in [-0.2, -0.15) is 33.6 Å². The van der Waals surface area contributed by atoms with Gasteiger partial charge in [-0.3, -0.25) is 44.4 Å². The number of ketones is 5. The van der Waals surface area contributed by atoms with Gasteiger partial charge in [0.25, 0.3) is 6.43 Å². The van der Waals surface area contributed by atoms with Gasteiger partial charge in [0.2, 0.25) is 5.89 Å². The number of ether oxygens (including phenoxy) is 1. The second-order valence-electron chi connectivity index (χ2n) is 54.8. The number of H-pyrrole nitrogens is 4. The Morgan fingerprint density at radius 1 is 0.351 bits per heavy atom. The molecular formula is C118H174F5N13O12. The summed E-state index contributed by atoms with van der Waals surface area (Å²) < 4.78 is 77.6. The molecule has 9 N–H and O–H groups in total. The van der Waals surface area contributed by atoms with Crippen LogP contribution in [0, 0.1) is 205 Å². The number of rotatable bonds is 19. The lowest BCUT2D eigenvalue weighted by atomic mass is 9.48. The fourth-order valence-electron chi connectivity index (χ4n) is 41.6. The Hall–Kier alpha value is -6.47. The number of nitrogens with zero attached hydrogens (tertiary/aromatic N) is 9. The molecule has 20 fully saturated rings. The van der Waals surface area contributed by atoms with E-state index in [0.29, 0.717) is 150 Å². The summed E-state index contributed by atoms with van der Waals surface area (Å²) in [6, 6.07) is 0. The third-order valence-corrected chi connectivity index (χ3v) is 48.5. The lowest BCUT2D eigenvalue weighted by Gasteiger charge is -2.57. The van der Waals surface area contributed by atoms with E-state index in [2.05, 4.69) is 107 Å². The van der Waals surface area contributed by atoms with Crippen LogP contribution in [-0.2, 0) is 60.8 Å². The number of hydrogen-bond donors (Lipinski definition) is 9. The number of aromatic amines is 4. The van der Waals surface area contributed by atoms with E-state index in [0.717, 1.165) is 219 Å². The van der Waals surface area contributed by atoms with E-state index in [1.165, 1.54) is 141 Å². The van der Waals surface area contributed by atoms with Crippen molar-refractivity contribution in [3.63, 3.8) is 0 Å². The summed E-state index contributed by atoms with van der Waals surface area (Å²) in [5.41, 5.74) is -5.23. The number of Topliss-reactive ketones (excluding diaryl/α,β-unsaturated/α-hetero) is 5. The topological polar surface area (TPSA) is 388 Å². The smallest absolute Gasteiger partial charge is 0.417 e. The van der Waals surface area contributed by atoms with Crippen molar-refractivity contribution in [1.29, 1.82) is 0 Å². The standard InChI is InChI=1S/C24H33F2NO3.C24H37N3O3.C24H37N3O2.C23H32F3N3O2.C23H35N3O2/c1-23-8-6-16-15-7-9-24(29,22(25)26)13-14(15)2-3-17(16)18(23)4-5-19(23)20(28)12-21-27-10-11-30-21;1-23-9-7-17-16-8-10-24(29,13-30-2)12-15(16)3-4-18(17)19(23)5-6-20(23)21(28)11-22-25-14-26-27-22;1-3-24(29)11-9-16-15(13-24)4-5-18-17(16)8-10-23(2)19(18)6-7-20(23)21(28)12-22-25-14-26-27-22;1-21-8-6-15-14-7-9-22(31,23(24,25)26)11-13(14)2-3-16(15)17(21)4-5-18(21)19(30)10-20-27-12-28-29-20;1-22(28)9-7-15-14(12-22)3-4-17-16(15)8-10-23(2)18(17)5-6-19(23)20(27)11-21-24-13-25-26-21/h10-11,14-19,22,29H,2-9,12-13H2,1H3;14-20,29H,3-13H2,1-2H3,(H,25,26,27);14-20,29H,3-13H2,1-2H3,(H,25,26,27);12-18,31H,2-11H2,1H3,(H,27,28,29);13-19,28H,3-12H2,1-2H3,(H,24,25,26)/t14-,15-,16+,17+,18-,19+,23-,24+;2*15-,16-,17+,18+,19-,20+,23-,24+;13-,14-,15+,16+,17-,18+,21-,22+;14-,15-,16+,17+,18-,19+,22+,23-/m00000/s1. The number of oxazole rings is 1. The third kappa shape index (κ3) is 20.0. The number of aliphatic hydroxyl groups is 5. The van der Waals surface area contributed by atoms with Crippen molar-refractivity contribution >= 4 is 28.9 Å². The highest BCUT2D eigenvalue weighted by molar-refractivity contribution is 5.86. The third-order valence-electron chi connectivity index (χ3n) is 48.5. The molecule has 25 nitrogen and oxygen atoms in total. The number of alkyl halides is 5. The van der Waals surface area contributed by atoms with Crippen molar-refractivity contribution in [3.05, 3.63) is 67.0 Å². The lowest BCUT2D eigenvalue weighted by Crippen LogP contribution is -2.55. The number of aromatic nitrogens is 13. The highest BCUT2D eigenvalue weighted by atomic mass is 19.4. The van der Waals surface area contributed by atoms with E-state index in [1.54, 1.807) is 13.3 Å². The SMILES string of the molecule is CC[C@@]1(O)CC[C@H]2[C@@H](CC[C@@H]3[C@@H]2CC[C@]2(C)[C@@H](C(=O)Cc4ncn[nH]4)CC[C@@H]32)C1.COC[C@@]1(O)CC[C@H]2[C@@H](CC[C@@H]3[C@@H]2CC[C@]2(C)[C@@H](C(=O)Cc4ncn[nH]4)CC[C@@H]32)C1.C[C@@]1(O)CC[C@H]2[C@@H](CC[C@@H]3[C@@H]2CC[C@]2(C)[C@@H](C(=O)Cc4ncn[nH]4)CC[C@@H]32)C1.C[C@]12CC[C@H]3[C@@H](CC[C@H]4C[C@@](O)(C(F)(F)F)CC[C@@H]43)[C@@H]1CC[C@@H]2C(=O)Cc1ncn[nH]1.C[C@]12CC[C@H]3[C@@H](CC[C@H]4C[C@@](O)(C(F)F)CC[C@@H]43)[C@@H]1CC[C@@H]2C(=O)Cc1ncco1. The van der Waals surface area contributed by atoms with Gasteiger partial charge in [0.15, 0.2) is 5.60 Å². The Balaban J connectivity index is 0.000000108. The number of fused-ring (bicyclic) bond motifs is 25. The van der Waals surface area contributed by atoms with E-state index >= 15 is 0 Å². The summed E-state index contributed by atoms with van der Waals surface area (Å²) in [5, 5.41) is 79.9. The minimum atomic E-state index is -4.54. The van der Waals surface area contributed by atoms with Gasteiger partial charge in [-0.05, 0) is 477 Å². The molecule has 25 rings (SSSR count). The first kappa shape index (κ1) is 107. The zero-order valence-electron chi connectivity index (χ0n) is 89.6. The number of hydrogen-bond acceptors (Lipinski definition) is 21. The second kappa shape index (κ2) is 41.9. The molecule has 0 aromatic carbocycles. The molecule has 818 valence electrons. The average molecular weight is 2060 g/mol. The molecule has 0 saturated heterocycles. The quantitative estimate of drug-likeness (QED) is 0.0347. The van der Waals surface area contributed by atoms with Crippen LogP contribution in [0.5, 0.6) is 0 Å². The first-order chi connectivity index (χ1) is 70.7. The number of carbonyl (C=O) groups excluding carboxylic acids is 5. The Labute approximate surface area is 872 Å². The first-order valence-corrected chi connectivity index (χ1v) is 59.0. The minimum Gasteiger partial charge on any atom is -0.449 e. The van der Waals surface area contributed by atoms with Crippen LogP contribution in [0.1, 0.15) is 373 Å². The zero-order valence-corrected chi connectivity index (χ0v) is 89.6. The summed E-state index contributed by atoms with van der Waals surface area (Å²) in [6.07, 6.45) is 49.0. The molecule has 20 saturated carbocycles. The molecule has 0 amide bonds. The molecule has 20 aliphatic carbocycles. The molecule has 0 bridgehead atoms. The van der Waals surface area contributed by atoms with Crippen molar-refractivity contribution in [3.8, 4) is 0 Å². The lowest BCUT2D eigenvalue weighted by molar-refractivity contribution is -0.282. The van der Waals surface area contributed by atoms with E-state index in [-0.39, 0.29) is 118 Å². The van der Waals surface area contributed by atoms with Crippen molar-refractivity contribution in [2.24, 2.45) is 205 Å². The molecule has 0 aliphatic heterocycles. The van der Waals surface area contributed by atoms with E-state index in [1.807, 2.05) is 6.92 Å². The van der Waals surface area contributed by atoms with Crippen LogP contribution < -0.4 is 0 Å². The fourth-order valence-corrected chi connectivity index (χ4v) is 41.6. The van der Waals surface area contributed by atoms with E-state index in [9.17, 15) is 71.5 Å². The normalized spacial score (nSPS) is 46.0. The van der Waals surface area contributed by atoms with Crippen LogP contribution in [0.25, 0.3) is 0 Å². The number of halogens is 5. The molecule has 0 unspecified atom stereocenters. The molecule has 20 aliphatic rings. The maximum Gasteiger partial charge on any atom is 0.417 e. The van der Waals surface area contributed by atoms with Crippen molar-refractivity contribution in [2.75, 3.05) is 13.7 Å². The molecule has 5 heterocycles.